The summed E-state index contributed by atoms with van der Waals surface area (Å²) in [6.07, 6.45) is 5.47. The zero-order valence-electron chi connectivity index (χ0n) is 32.1. The molecule has 3 saturated carbocycles. The molecular formula is C41H49N5O9S. The molecule has 2 aromatic carbocycles. The van der Waals surface area contributed by atoms with Crippen LogP contribution in [0, 0.1) is 17.8 Å². The SMILES string of the molecule is COc1ccc2c(O[C@@H]3C[C@H]4C(=O)N[C@]5(C(=O)NS(=O)(=O)C6CC6)C[C@H]5/C=C\CCCCN(NC(=O)OC(C)(C)C)C(=O)[C@@H]4C3)cc(-c3ccccc3)nc2c1. The number of nitrogens with zero attached hydrogens (tertiary/aromatic N) is 2. The van der Waals surface area contributed by atoms with Crippen LogP contribution in [0.5, 0.6) is 11.5 Å². The van der Waals surface area contributed by atoms with E-state index in [1.165, 1.54) is 5.01 Å². The van der Waals surface area contributed by atoms with Crippen molar-refractivity contribution in [3.8, 4) is 22.8 Å². The van der Waals surface area contributed by atoms with Crippen molar-refractivity contribution < 1.29 is 41.8 Å². The maximum Gasteiger partial charge on any atom is 0.426 e. The summed E-state index contributed by atoms with van der Waals surface area (Å²) in [6, 6.07) is 16.9. The number of fused-ring (bicyclic) bond motifs is 3. The third-order valence-electron chi connectivity index (χ3n) is 10.7. The summed E-state index contributed by atoms with van der Waals surface area (Å²) < 4.78 is 45.6. The number of amides is 4. The van der Waals surface area contributed by atoms with Gasteiger partial charge in [-0.15, -0.1) is 0 Å². The molecule has 0 unspecified atom stereocenters. The molecule has 0 radical (unpaired) electrons. The summed E-state index contributed by atoms with van der Waals surface area (Å²) in [5.74, 6) is -3.13. The van der Waals surface area contributed by atoms with Gasteiger partial charge in [0.1, 0.15) is 28.7 Å². The number of hydrogen-bond acceptors (Lipinski definition) is 10. The first-order valence-corrected chi connectivity index (χ1v) is 20.8. The Hall–Kier alpha value is -5.18. The Bertz CT molecular complexity index is 2150. The Kier molecular flexibility index (Phi) is 10.7. The highest BCUT2D eigenvalue weighted by Gasteiger charge is 2.62. The summed E-state index contributed by atoms with van der Waals surface area (Å²) in [4.78, 5) is 60.7. The molecule has 0 bridgehead atoms. The number of sulfonamides is 1. The molecule has 3 fully saturated rings. The Labute approximate surface area is 326 Å². The Morgan fingerprint density at radius 1 is 1.00 bits per heavy atom. The Morgan fingerprint density at radius 2 is 1.75 bits per heavy atom. The van der Waals surface area contributed by atoms with Crippen molar-refractivity contribution in [2.75, 3.05) is 13.7 Å². The average molecular weight is 788 g/mol. The van der Waals surface area contributed by atoms with Crippen molar-refractivity contribution in [3.63, 3.8) is 0 Å². The van der Waals surface area contributed by atoms with Gasteiger partial charge >= 0.3 is 6.09 Å². The molecule has 0 spiro atoms. The molecule has 3 aromatic rings. The zero-order valence-corrected chi connectivity index (χ0v) is 32.9. The molecule has 7 rings (SSSR count). The molecule has 1 aromatic heterocycles. The minimum atomic E-state index is -3.89. The van der Waals surface area contributed by atoms with Gasteiger partial charge in [-0.25, -0.2) is 23.6 Å². The fraction of sp³-hybridized carbons (Fsp3) is 0.488. The second-order valence-corrected chi connectivity index (χ2v) is 18.1. The van der Waals surface area contributed by atoms with Crippen LogP contribution in [0.2, 0.25) is 0 Å². The second kappa shape index (κ2) is 15.4. The predicted molar refractivity (Wildman–Crippen MR) is 207 cm³/mol. The van der Waals surface area contributed by atoms with E-state index in [9.17, 15) is 27.6 Å². The number of nitrogens with one attached hydrogen (secondary N) is 3. The quantitative estimate of drug-likeness (QED) is 0.258. The van der Waals surface area contributed by atoms with Gasteiger partial charge in [0.2, 0.25) is 21.8 Å². The summed E-state index contributed by atoms with van der Waals surface area (Å²) in [7, 11) is -2.32. The summed E-state index contributed by atoms with van der Waals surface area (Å²) in [5, 5.41) is 4.21. The van der Waals surface area contributed by atoms with Crippen LogP contribution in [0.1, 0.15) is 72.1 Å². The number of carbonyl (C=O) groups excluding carboxylic acids is 4. The molecule has 1 aliphatic heterocycles. The van der Waals surface area contributed by atoms with E-state index in [4.69, 9.17) is 19.2 Å². The van der Waals surface area contributed by atoms with Gasteiger partial charge in [0.25, 0.3) is 5.91 Å². The van der Waals surface area contributed by atoms with Gasteiger partial charge in [-0.2, -0.15) is 0 Å². The molecule has 3 aliphatic carbocycles. The summed E-state index contributed by atoms with van der Waals surface area (Å²) >= 11 is 0. The van der Waals surface area contributed by atoms with Crippen LogP contribution in [0.25, 0.3) is 22.2 Å². The van der Waals surface area contributed by atoms with Crippen molar-refractivity contribution in [2.24, 2.45) is 17.8 Å². The number of ether oxygens (including phenoxy) is 3. The van der Waals surface area contributed by atoms with Gasteiger partial charge in [0.15, 0.2) is 0 Å². The standard InChI is InChI=1S/C41H49N5O9S/c1-40(2,3)55-39(50)44-46-19-11-6-5-10-14-26-24-41(26,38(49)45-56(51,52)29-16-17-29)43-36(47)31-20-28(21-32(31)37(46)48)54-35-23-33(25-12-8-7-9-13-25)42-34-22-27(53-4)15-18-30(34)35/h7-10,12-15,18,22-23,26,28-29,31-32H,5-6,11,16-17,19-21,24H2,1-4H3,(H,43,47)(H,44,50)(H,45,49)/b14-10-/t26-,28-,31-,32-,41-/m1/s1. The Balaban J connectivity index is 1.22. The van der Waals surface area contributed by atoms with Crippen LogP contribution in [0.3, 0.4) is 0 Å². The van der Waals surface area contributed by atoms with Crippen LogP contribution >= 0.6 is 0 Å². The van der Waals surface area contributed by atoms with Gasteiger partial charge in [-0.1, -0.05) is 42.5 Å². The van der Waals surface area contributed by atoms with Gasteiger partial charge in [-0.3, -0.25) is 24.1 Å². The van der Waals surface area contributed by atoms with Gasteiger partial charge in [0, 0.05) is 35.5 Å². The highest BCUT2D eigenvalue weighted by atomic mass is 32.2. The molecule has 56 heavy (non-hydrogen) atoms. The van der Waals surface area contributed by atoms with E-state index in [2.05, 4.69) is 15.5 Å². The number of hydrogen-bond donors (Lipinski definition) is 3. The van der Waals surface area contributed by atoms with E-state index >= 15 is 0 Å². The van der Waals surface area contributed by atoms with E-state index in [0.717, 1.165) is 5.56 Å². The maximum atomic E-state index is 14.6. The molecule has 15 heteroatoms. The summed E-state index contributed by atoms with van der Waals surface area (Å²) in [5.41, 5.74) is 2.45. The van der Waals surface area contributed by atoms with Crippen molar-refractivity contribution in [1.82, 2.24) is 25.5 Å². The third-order valence-corrected chi connectivity index (χ3v) is 12.6. The lowest BCUT2D eigenvalue weighted by Gasteiger charge is -2.30. The van der Waals surface area contributed by atoms with E-state index in [-0.39, 0.29) is 25.8 Å². The lowest BCUT2D eigenvalue weighted by atomic mass is 9.93. The lowest BCUT2D eigenvalue weighted by molar-refractivity contribution is -0.144. The lowest BCUT2D eigenvalue weighted by Crippen LogP contribution is -2.55. The van der Waals surface area contributed by atoms with Crippen LogP contribution in [0.4, 0.5) is 4.79 Å². The monoisotopic (exact) mass is 787 g/mol. The number of aromatic nitrogens is 1. The van der Waals surface area contributed by atoms with Gasteiger partial charge in [-0.05, 0) is 84.3 Å². The maximum absolute atomic E-state index is 14.6. The van der Waals surface area contributed by atoms with Gasteiger partial charge in [0.05, 0.1) is 35.4 Å². The van der Waals surface area contributed by atoms with Crippen LogP contribution in [-0.4, -0.2) is 78.4 Å². The van der Waals surface area contributed by atoms with Crippen molar-refractivity contribution in [2.45, 2.75) is 94.6 Å². The van der Waals surface area contributed by atoms with Crippen LogP contribution in [-0.2, 0) is 29.1 Å². The normalized spacial score (nSPS) is 26.2. The smallest absolute Gasteiger partial charge is 0.426 e. The molecule has 4 amide bonds. The topological polar surface area (TPSA) is 182 Å². The van der Waals surface area contributed by atoms with Crippen molar-refractivity contribution in [1.29, 1.82) is 0 Å². The molecule has 5 atom stereocenters. The molecule has 3 N–H and O–H groups in total. The number of allylic oxidation sites excluding steroid dienone is 1. The average Bonchev–Trinajstić information content (AvgIpc) is 4.08. The van der Waals surface area contributed by atoms with E-state index in [0.29, 0.717) is 60.2 Å². The number of benzene rings is 2. The molecule has 2 heterocycles. The number of hydrazine groups is 1. The Morgan fingerprint density at radius 3 is 2.46 bits per heavy atom. The minimum absolute atomic E-state index is 0.0989. The van der Waals surface area contributed by atoms with E-state index in [1.807, 2.05) is 60.7 Å². The fourth-order valence-electron chi connectivity index (χ4n) is 7.59. The fourth-order valence-corrected chi connectivity index (χ4v) is 8.95. The molecule has 0 saturated heterocycles. The first kappa shape index (κ1) is 39.1. The van der Waals surface area contributed by atoms with Gasteiger partial charge < -0.3 is 19.5 Å². The van der Waals surface area contributed by atoms with E-state index < -0.39 is 74.1 Å². The summed E-state index contributed by atoms with van der Waals surface area (Å²) in [6.45, 7) is 5.34. The van der Waals surface area contributed by atoms with Crippen LogP contribution < -0.4 is 24.9 Å². The predicted octanol–water partition coefficient (Wildman–Crippen LogP) is 5.18. The number of pyridine rings is 1. The number of rotatable bonds is 8. The molecule has 298 valence electrons. The molecule has 4 aliphatic rings. The first-order chi connectivity index (χ1) is 26.7. The van der Waals surface area contributed by atoms with Crippen molar-refractivity contribution >= 4 is 44.7 Å². The highest BCUT2D eigenvalue weighted by Crippen LogP contribution is 2.47. The highest BCUT2D eigenvalue weighted by molar-refractivity contribution is 7.91. The van der Waals surface area contributed by atoms with Crippen molar-refractivity contribution in [3.05, 3.63) is 66.7 Å². The minimum Gasteiger partial charge on any atom is -0.497 e. The number of carbonyl (C=O) groups is 4. The van der Waals surface area contributed by atoms with Crippen LogP contribution in [0.15, 0.2) is 66.7 Å². The van der Waals surface area contributed by atoms with E-state index in [1.54, 1.807) is 33.9 Å². The third kappa shape index (κ3) is 8.62. The second-order valence-electron chi connectivity index (χ2n) is 16.2. The molecule has 14 nitrogen and oxygen atoms in total. The zero-order chi connectivity index (χ0) is 39.8. The molecular weight excluding hydrogens is 739 g/mol. The first-order valence-electron chi connectivity index (χ1n) is 19.2. The number of methoxy groups -OCH3 is 1. The largest absolute Gasteiger partial charge is 0.497 e.